The molecule has 0 aromatic carbocycles. The van der Waals surface area contributed by atoms with Crippen LogP contribution < -0.4 is 0 Å². The van der Waals surface area contributed by atoms with E-state index in [-0.39, 0.29) is 5.92 Å². The van der Waals surface area contributed by atoms with E-state index < -0.39 is 5.97 Å². The number of carboxylic acids is 1. The minimum absolute atomic E-state index is 0.194. The molecule has 0 bridgehead atoms. The molecule has 1 N–H and O–H groups in total. The SMILES string of the molecule is C=CCCN1CC(C(C)C(=O)O)C1. The number of aliphatic carboxylic acids is 1. The topological polar surface area (TPSA) is 40.5 Å². The molecule has 0 saturated carbocycles. The van der Waals surface area contributed by atoms with E-state index in [9.17, 15) is 4.79 Å². The molecule has 0 radical (unpaired) electrons. The molecule has 3 nitrogen and oxygen atoms in total. The van der Waals surface area contributed by atoms with Gasteiger partial charge in [-0.15, -0.1) is 6.58 Å². The van der Waals surface area contributed by atoms with Crippen molar-refractivity contribution in [2.45, 2.75) is 13.3 Å². The van der Waals surface area contributed by atoms with Crippen molar-refractivity contribution < 1.29 is 9.90 Å². The van der Waals surface area contributed by atoms with Crippen molar-refractivity contribution in [3.05, 3.63) is 12.7 Å². The first kappa shape index (κ1) is 10.3. The lowest BCUT2D eigenvalue weighted by Gasteiger charge is -2.41. The van der Waals surface area contributed by atoms with Crippen LogP contribution in [0.15, 0.2) is 12.7 Å². The lowest BCUT2D eigenvalue weighted by atomic mass is 9.87. The van der Waals surface area contributed by atoms with Crippen LogP contribution >= 0.6 is 0 Å². The predicted octanol–water partition coefficient (Wildman–Crippen LogP) is 1.22. The van der Waals surface area contributed by atoms with E-state index in [2.05, 4.69) is 11.5 Å². The second-order valence-corrected chi connectivity index (χ2v) is 3.72. The van der Waals surface area contributed by atoms with E-state index in [4.69, 9.17) is 5.11 Å². The molecule has 74 valence electrons. The first-order valence-electron chi connectivity index (χ1n) is 4.71. The summed E-state index contributed by atoms with van der Waals surface area (Å²) in [6.45, 7) is 8.33. The molecule has 0 spiro atoms. The van der Waals surface area contributed by atoms with Crippen molar-refractivity contribution in [3.63, 3.8) is 0 Å². The van der Waals surface area contributed by atoms with E-state index in [1.165, 1.54) is 0 Å². The summed E-state index contributed by atoms with van der Waals surface area (Å²) in [5, 5.41) is 8.75. The number of carboxylic acid groups (broad SMARTS) is 1. The lowest BCUT2D eigenvalue weighted by Crippen LogP contribution is -2.50. The second kappa shape index (κ2) is 4.42. The van der Waals surface area contributed by atoms with Gasteiger partial charge in [-0.2, -0.15) is 0 Å². The van der Waals surface area contributed by atoms with E-state index >= 15 is 0 Å². The highest BCUT2D eigenvalue weighted by molar-refractivity contribution is 5.70. The van der Waals surface area contributed by atoms with Crippen LogP contribution in [0.25, 0.3) is 0 Å². The fraction of sp³-hybridized carbons (Fsp3) is 0.700. The quantitative estimate of drug-likeness (QED) is 0.651. The molecule has 3 heteroatoms. The van der Waals surface area contributed by atoms with Crippen LogP contribution in [0.3, 0.4) is 0 Å². The highest BCUT2D eigenvalue weighted by Gasteiger charge is 2.33. The maximum Gasteiger partial charge on any atom is 0.306 e. The summed E-state index contributed by atoms with van der Waals surface area (Å²) in [4.78, 5) is 12.9. The standard InChI is InChI=1S/C10H17NO2/c1-3-4-5-11-6-9(7-11)8(2)10(12)13/h3,8-9H,1,4-7H2,2H3,(H,12,13). The molecule has 0 aliphatic carbocycles. The third-order valence-electron chi connectivity index (χ3n) is 2.73. The number of rotatable bonds is 5. The Kier molecular flexibility index (Phi) is 3.48. The van der Waals surface area contributed by atoms with Gasteiger partial charge in [-0.1, -0.05) is 13.0 Å². The summed E-state index contributed by atoms with van der Waals surface area (Å²) in [6, 6.07) is 0. The first-order valence-corrected chi connectivity index (χ1v) is 4.71. The van der Waals surface area contributed by atoms with Crippen LogP contribution in [0.1, 0.15) is 13.3 Å². The van der Waals surface area contributed by atoms with E-state index in [0.29, 0.717) is 5.92 Å². The smallest absolute Gasteiger partial charge is 0.306 e. The second-order valence-electron chi connectivity index (χ2n) is 3.72. The molecule has 1 saturated heterocycles. The average molecular weight is 183 g/mol. The number of nitrogens with zero attached hydrogens (tertiary/aromatic N) is 1. The largest absolute Gasteiger partial charge is 0.481 e. The molecule has 0 aromatic rings. The normalized spacial score (nSPS) is 20.7. The fourth-order valence-corrected chi connectivity index (χ4v) is 1.58. The molecule has 0 aromatic heterocycles. The van der Waals surface area contributed by atoms with E-state index in [0.717, 1.165) is 26.1 Å². The summed E-state index contributed by atoms with van der Waals surface area (Å²) >= 11 is 0. The Morgan fingerprint density at radius 2 is 2.38 bits per heavy atom. The molecular formula is C10H17NO2. The van der Waals surface area contributed by atoms with Gasteiger partial charge in [0.1, 0.15) is 0 Å². The lowest BCUT2D eigenvalue weighted by molar-refractivity contribution is -0.145. The van der Waals surface area contributed by atoms with Crippen molar-refractivity contribution in [2.75, 3.05) is 19.6 Å². The highest BCUT2D eigenvalue weighted by atomic mass is 16.4. The van der Waals surface area contributed by atoms with Gasteiger partial charge in [-0.3, -0.25) is 4.79 Å². The molecule has 1 aliphatic rings. The number of hydrogen-bond donors (Lipinski definition) is 1. The monoisotopic (exact) mass is 183 g/mol. The van der Waals surface area contributed by atoms with Crippen LogP contribution in [-0.2, 0) is 4.79 Å². The summed E-state index contributed by atoms with van der Waals surface area (Å²) in [6.07, 6.45) is 2.89. The molecule has 1 atom stereocenters. The first-order chi connectivity index (χ1) is 6.15. The van der Waals surface area contributed by atoms with Gasteiger partial charge in [0.25, 0.3) is 0 Å². The van der Waals surface area contributed by atoms with E-state index in [1.54, 1.807) is 6.92 Å². The zero-order valence-corrected chi connectivity index (χ0v) is 8.07. The van der Waals surface area contributed by atoms with Gasteiger partial charge in [0.2, 0.25) is 0 Å². The predicted molar refractivity (Wildman–Crippen MR) is 51.5 cm³/mol. The van der Waals surface area contributed by atoms with Gasteiger partial charge in [0.15, 0.2) is 0 Å². The van der Waals surface area contributed by atoms with Crippen LogP contribution in [-0.4, -0.2) is 35.6 Å². The summed E-state index contributed by atoms with van der Waals surface area (Å²) in [5.74, 6) is -0.518. The van der Waals surface area contributed by atoms with Gasteiger partial charge in [0, 0.05) is 19.6 Å². The van der Waals surface area contributed by atoms with Crippen molar-refractivity contribution in [2.24, 2.45) is 11.8 Å². The molecule has 0 amide bonds. The van der Waals surface area contributed by atoms with Crippen LogP contribution in [0.4, 0.5) is 0 Å². The maximum atomic E-state index is 10.6. The summed E-state index contributed by atoms with van der Waals surface area (Å²) < 4.78 is 0. The Morgan fingerprint density at radius 1 is 1.77 bits per heavy atom. The third kappa shape index (κ3) is 2.56. The maximum absolute atomic E-state index is 10.6. The average Bonchev–Trinajstić information content (AvgIpc) is 2.01. The summed E-state index contributed by atoms with van der Waals surface area (Å²) in [5.41, 5.74) is 0. The van der Waals surface area contributed by atoms with Gasteiger partial charge in [0.05, 0.1) is 5.92 Å². The van der Waals surface area contributed by atoms with Crippen LogP contribution in [0.2, 0.25) is 0 Å². The van der Waals surface area contributed by atoms with Crippen LogP contribution in [0, 0.1) is 11.8 Å². The fourth-order valence-electron chi connectivity index (χ4n) is 1.58. The number of hydrogen-bond acceptors (Lipinski definition) is 2. The van der Waals surface area contributed by atoms with Gasteiger partial charge in [-0.25, -0.2) is 0 Å². The van der Waals surface area contributed by atoms with Gasteiger partial charge in [-0.05, 0) is 12.3 Å². The van der Waals surface area contributed by atoms with E-state index in [1.807, 2.05) is 6.08 Å². The highest BCUT2D eigenvalue weighted by Crippen LogP contribution is 2.23. The molecule has 1 aliphatic heterocycles. The minimum atomic E-state index is -0.673. The molecule has 13 heavy (non-hydrogen) atoms. The van der Waals surface area contributed by atoms with Crippen LogP contribution in [0.5, 0.6) is 0 Å². The molecule has 1 fully saturated rings. The Morgan fingerprint density at radius 3 is 2.85 bits per heavy atom. The Bertz CT molecular complexity index is 197. The van der Waals surface area contributed by atoms with Crippen molar-refractivity contribution in [1.29, 1.82) is 0 Å². The van der Waals surface area contributed by atoms with Gasteiger partial charge < -0.3 is 10.0 Å². The number of carbonyl (C=O) groups is 1. The third-order valence-corrected chi connectivity index (χ3v) is 2.73. The number of likely N-dealkylation sites (tertiary alicyclic amines) is 1. The molecule has 1 unspecified atom stereocenters. The van der Waals surface area contributed by atoms with Crippen molar-refractivity contribution >= 4 is 5.97 Å². The minimum Gasteiger partial charge on any atom is -0.481 e. The Labute approximate surface area is 79.0 Å². The van der Waals surface area contributed by atoms with Crippen molar-refractivity contribution in [1.82, 2.24) is 4.90 Å². The Balaban J connectivity index is 2.17. The molecule has 1 heterocycles. The zero-order chi connectivity index (χ0) is 9.84. The summed E-state index contributed by atoms with van der Waals surface area (Å²) in [7, 11) is 0. The Hall–Kier alpha value is -0.830. The molecule has 1 rings (SSSR count). The zero-order valence-electron chi connectivity index (χ0n) is 8.07. The molecular weight excluding hydrogens is 166 g/mol. The van der Waals surface area contributed by atoms with Crippen molar-refractivity contribution in [3.8, 4) is 0 Å². The van der Waals surface area contributed by atoms with Gasteiger partial charge >= 0.3 is 5.97 Å².